The van der Waals surface area contributed by atoms with Gasteiger partial charge in [-0.15, -0.1) is 0 Å². The standard InChI is InChI=1S/C14H16ClFN2O/c15-12-4-2-1-3-11(12)14(13(17)19)7-9(16)8-18(14)10-5-6-10/h1-4,9-10H,5-8H2,(H2,17,19). The Kier molecular flexibility index (Phi) is 3.02. The van der Waals surface area contributed by atoms with Gasteiger partial charge < -0.3 is 5.73 Å². The highest BCUT2D eigenvalue weighted by atomic mass is 35.5. The van der Waals surface area contributed by atoms with Crippen LogP contribution < -0.4 is 5.73 Å². The molecule has 1 aliphatic heterocycles. The average Bonchev–Trinajstić information content (AvgIpc) is 3.13. The summed E-state index contributed by atoms with van der Waals surface area (Å²) in [5, 5.41) is 0.473. The Bertz CT molecular complexity index is 520. The lowest BCUT2D eigenvalue weighted by atomic mass is 9.86. The second kappa shape index (κ2) is 4.46. The summed E-state index contributed by atoms with van der Waals surface area (Å²) in [6.07, 6.45) is 1.05. The number of benzene rings is 1. The molecule has 0 radical (unpaired) electrons. The van der Waals surface area contributed by atoms with Crippen LogP contribution in [-0.4, -0.2) is 29.6 Å². The van der Waals surface area contributed by atoms with Crippen molar-refractivity contribution in [3.63, 3.8) is 0 Å². The molecule has 2 unspecified atom stereocenters. The van der Waals surface area contributed by atoms with Gasteiger partial charge in [0.05, 0.1) is 0 Å². The molecule has 1 amide bonds. The van der Waals surface area contributed by atoms with E-state index in [0.29, 0.717) is 10.6 Å². The maximum absolute atomic E-state index is 13.9. The summed E-state index contributed by atoms with van der Waals surface area (Å²) in [6, 6.07) is 7.36. The van der Waals surface area contributed by atoms with Gasteiger partial charge >= 0.3 is 0 Å². The minimum absolute atomic E-state index is 0.0998. The van der Waals surface area contributed by atoms with Gasteiger partial charge in [-0.25, -0.2) is 4.39 Å². The van der Waals surface area contributed by atoms with Crippen LogP contribution in [-0.2, 0) is 10.3 Å². The molecule has 1 saturated carbocycles. The summed E-state index contributed by atoms with van der Waals surface area (Å²) in [4.78, 5) is 14.0. The van der Waals surface area contributed by atoms with Crippen molar-refractivity contribution in [2.45, 2.75) is 37.0 Å². The molecule has 2 aliphatic rings. The van der Waals surface area contributed by atoms with E-state index in [-0.39, 0.29) is 19.0 Å². The van der Waals surface area contributed by atoms with Gasteiger partial charge in [0.2, 0.25) is 5.91 Å². The molecule has 2 atom stereocenters. The Balaban J connectivity index is 2.13. The van der Waals surface area contributed by atoms with Crippen LogP contribution in [0.3, 0.4) is 0 Å². The van der Waals surface area contributed by atoms with Crippen LogP contribution in [0.25, 0.3) is 0 Å². The molecule has 0 spiro atoms. The topological polar surface area (TPSA) is 46.3 Å². The van der Waals surface area contributed by atoms with Crippen LogP contribution in [0.1, 0.15) is 24.8 Å². The molecule has 3 nitrogen and oxygen atoms in total. The summed E-state index contributed by atoms with van der Waals surface area (Å²) >= 11 is 6.22. The number of alkyl halides is 1. The quantitative estimate of drug-likeness (QED) is 0.924. The highest BCUT2D eigenvalue weighted by molar-refractivity contribution is 6.31. The SMILES string of the molecule is NC(=O)C1(c2ccccc2Cl)CC(F)CN1C1CC1. The lowest BCUT2D eigenvalue weighted by molar-refractivity contribution is -0.129. The molecule has 1 heterocycles. The zero-order chi connectivity index (χ0) is 13.6. The summed E-state index contributed by atoms with van der Waals surface area (Å²) in [5.74, 6) is -0.507. The highest BCUT2D eigenvalue weighted by Gasteiger charge is 2.56. The first kappa shape index (κ1) is 12.9. The Morgan fingerprint density at radius 3 is 2.68 bits per heavy atom. The fourth-order valence-electron chi connectivity index (χ4n) is 3.15. The van der Waals surface area contributed by atoms with Crippen LogP contribution in [0.4, 0.5) is 4.39 Å². The Morgan fingerprint density at radius 2 is 2.11 bits per heavy atom. The van der Waals surface area contributed by atoms with Gasteiger partial charge in [0.25, 0.3) is 0 Å². The first-order valence-electron chi connectivity index (χ1n) is 6.51. The first-order chi connectivity index (χ1) is 9.05. The van der Waals surface area contributed by atoms with Crippen molar-refractivity contribution < 1.29 is 9.18 Å². The van der Waals surface area contributed by atoms with Crippen molar-refractivity contribution in [1.82, 2.24) is 4.90 Å². The van der Waals surface area contributed by atoms with Crippen molar-refractivity contribution in [1.29, 1.82) is 0 Å². The minimum atomic E-state index is -1.08. The minimum Gasteiger partial charge on any atom is -0.368 e. The lowest BCUT2D eigenvalue weighted by Crippen LogP contribution is -2.52. The molecule has 2 fully saturated rings. The fourth-order valence-corrected chi connectivity index (χ4v) is 3.45. The molecule has 3 rings (SSSR count). The number of hydrogen-bond acceptors (Lipinski definition) is 2. The van der Waals surface area contributed by atoms with E-state index in [9.17, 15) is 9.18 Å². The molecule has 0 aromatic heterocycles. The van der Waals surface area contributed by atoms with E-state index in [1.54, 1.807) is 18.2 Å². The third-order valence-electron chi connectivity index (χ3n) is 4.12. The van der Waals surface area contributed by atoms with Gasteiger partial charge in [-0.3, -0.25) is 9.69 Å². The first-order valence-corrected chi connectivity index (χ1v) is 6.89. The number of rotatable bonds is 3. The molecule has 0 bridgehead atoms. The number of hydrogen-bond donors (Lipinski definition) is 1. The van der Waals surface area contributed by atoms with Crippen molar-refractivity contribution in [3.05, 3.63) is 34.9 Å². The molecular weight excluding hydrogens is 267 g/mol. The Hall–Kier alpha value is -1.13. The maximum atomic E-state index is 13.9. The average molecular weight is 283 g/mol. The van der Waals surface area contributed by atoms with E-state index in [0.717, 1.165) is 12.8 Å². The van der Waals surface area contributed by atoms with E-state index in [1.165, 1.54) is 0 Å². The van der Waals surface area contributed by atoms with Crippen molar-refractivity contribution in [2.24, 2.45) is 5.73 Å². The van der Waals surface area contributed by atoms with Crippen LogP contribution in [0.5, 0.6) is 0 Å². The van der Waals surface area contributed by atoms with E-state index in [2.05, 4.69) is 0 Å². The van der Waals surface area contributed by atoms with Crippen molar-refractivity contribution in [3.8, 4) is 0 Å². The number of halogens is 2. The highest BCUT2D eigenvalue weighted by Crippen LogP contribution is 2.48. The second-order valence-electron chi connectivity index (χ2n) is 5.39. The molecule has 1 aliphatic carbocycles. The van der Waals surface area contributed by atoms with Crippen LogP contribution in [0.2, 0.25) is 5.02 Å². The number of nitrogens with two attached hydrogens (primary N) is 1. The monoisotopic (exact) mass is 282 g/mol. The van der Waals surface area contributed by atoms with Gasteiger partial charge in [-0.2, -0.15) is 0 Å². The van der Waals surface area contributed by atoms with Gasteiger partial charge in [0.1, 0.15) is 11.7 Å². The molecule has 19 heavy (non-hydrogen) atoms. The van der Waals surface area contributed by atoms with Gasteiger partial charge in [0, 0.05) is 29.6 Å². The largest absolute Gasteiger partial charge is 0.368 e. The van der Waals surface area contributed by atoms with Crippen molar-refractivity contribution in [2.75, 3.05) is 6.54 Å². The molecular formula is C14H16ClFN2O. The third kappa shape index (κ3) is 1.94. The summed E-state index contributed by atoms with van der Waals surface area (Å²) in [5.41, 5.74) is 5.20. The van der Waals surface area contributed by atoms with E-state index < -0.39 is 17.6 Å². The third-order valence-corrected chi connectivity index (χ3v) is 4.45. The molecule has 102 valence electrons. The second-order valence-corrected chi connectivity index (χ2v) is 5.80. The summed E-state index contributed by atoms with van der Waals surface area (Å²) < 4.78 is 13.9. The number of amides is 1. The Morgan fingerprint density at radius 1 is 1.42 bits per heavy atom. The predicted octanol–water partition coefficient (Wildman–Crippen LogP) is 2.23. The number of nitrogens with zero attached hydrogens (tertiary/aromatic N) is 1. The molecule has 1 saturated heterocycles. The predicted molar refractivity (Wildman–Crippen MR) is 71.6 cm³/mol. The normalized spacial score (nSPS) is 31.6. The molecule has 2 N–H and O–H groups in total. The van der Waals surface area contributed by atoms with E-state index in [4.69, 9.17) is 17.3 Å². The van der Waals surface area contributed by atoms with Gasteiger partial charge in [-0.1, -0.05) is 29.8 Å². The number of likely N-dealkylation sites (tertiary alicyclic amines) is 1. The zero-order valence-corrected chi connectivity index (χ0v) is 11.2. The van der Waals surface area contributed by atoms with Crippen LogP contribution in [0, 0.1) is 0 Å². The maximum Gasteiger partial charge on any atom is 0.242 e. The van der Waals surface area contributed by atoms with Crippen LogP contribution in [0.15, 0.2) is 24.3 Å². The van der Waals surface area contributed by atoms with E-state index in [1.807, 2.05) is 11.0 Å². The van der Waals surface area contributed by atoms with Crippen LogP contribution >= 0.6 is 11.6 Å². The molecule has 5 heteroatoms. The zero-order valence-electron chi connectivity index (χ0n) is 10.5. The van der Waals surface area contributed by atoms with Gasteiger partial charge in [-0.05, 0) is 18.9 Å². The Labute approximate surface area is 116 Å². The fraction of sp³-hybridized carbons (Fsp3) is 0.500. The number of primary amides is 1. The smallest absolute Gasteiger partial charge is 0.242 e. The molecule has 1 aromatic carbocycles. The number of carbonyl (C=O) groups excluding carboxylic acids is 1. The summed E-state index contributed by atoms with van der Waals surface area (Å²) in [6.45, 7) is 0.263. The number of carbonyl (C=O) groups is 1. The summed E-state index contributed by atoms with van der Waals surface area (Å²) in [7, 11) is 0. The van der Waals surface area contributed by atoms with Gasteiger partial charge in [0.15, 0.2) is 0 Å². The van der Waals surface area contributed by atoms with E-state index >= 15 is 0 Å². The van der Waals surface area contributed by atoms with Crippen molar-refractivity contribution >= 4 is 17.5 Å². The molecule has 1 aromatic rings. The lowest BCUT2D eigenvalue weighted by Gasteiger charge is -2.36.